The number of likely N-dealkylation sites (tertiary alicyclic amines) is 1. The Kier molecular flexibility index (Phi) is 5.70. The van der Waals surface area contributed by atoms with Crippen LogP contribution in [0.4, 0.5) is 19.0 Å². The quantitative estimate of drug-likeness (QED) is 0.779. The summed E-state index contributed by atoms with van der Waals surface area (Å²) in [5.41, 5.74) is 2.49. The molecule has 0 spiro atoms. The van der Waals surface area contributed by atoms with E-state index in [-0.39, 0.29) is 11.8 Å². The standard InChI is InChI=1S/C20H23F3N4O3/c1-27-7-2-3-12(10-27)24-19-16-11-29-8-6-14(16)18(25-26-19)15-5-4-13(9-17(15)28)30-20(21,22)23/h4-5,9,12,28H,2-3,6-8,10-11H2,1H3,(H,24,26)/t12-/m1/s1. The average Bonchev–Trinajstić information content (AvgIpc) is 2.68. The van der Waals surface area contributed by atoms with Gasteiger partial charge in [0.15, 0.2) is 5.82 Å². The summed E-state index contributed by atoms with van der Waals surface area (Å²) in [5.74, 6) is -0.187. The number of benzene rings is 1. The molecule has 2 aliphatic rings. The highest BCUT2D eigenvalue weighted by Crippen LogP contribution is 2.38. The highest BCUT2D eigenvalue weighted by molar-refractivity contribution is 5.73. The molecule has 1 aromatic heterocycles. The third-order valence-corrected chi connectivity index (χ3v) is 5.35. The third kappa shape index (κ3) is 4.59. The van der Waals surface area contributed by atoms with Crippen molar-refractivity contribution in [2.45, 2.75) is 38.3 Å². The molecule has 0 saturated carbocycles. The number of aromatic hydroxyl groups is 1. The average molecular weight is 424 g/mol. The van der Waals surface area contributed by atoms with Crippen LogP contribution in [0.15, 0.2) is 18.2 Å². The Morgan fingerprint density at radius 1 is 1.27 bits per heavy atom. The van der Waals surface area contributed by atoms with Gasteiger partial charge in [0.05, 0.1) is 13.2 Å². The van der Waals surface area contributed by atoms with Gasteiger partial charge in [-0.3, -0.25) is 0 Å². The van der Waals surface area contributed by atoms with E-state index < -0.39 is 12.1 Å². The Morgan fingerprint density at radius 2 is 2.10 bits per heavy atom. The highest BCUT2D eigenvalue weighted by Gasteiger charge is 2.32. The summed E-state index contributed by atoms with van der Waals surface area (Å²) in [6, 6.07) is 3.70. The smallest absolute Gasteiger partial charge is 0.507 e. The minimum Gasteiger partial charge on any atom is -0.507 e. The van der Waals surface area contributed by atoms with Gasteiger partial charge in [0, 0.05) is 29.8 Å². The van der Waals surface area contributed by atoms with Crippen molar-refractivity contribution in [3.05, 3.63) is 29.3 Å². The van der Waals surface area contributed by atoms with Crippen molar-refractivity contribution in [3.8, 4) is 22.8 Å². The second-order valence-electron chi connectivity index (χ2n) is 7.63. The molecule has 2 aromatic rings. The van der Waals surface area contributed by atoms with E-state index in [2.05, 4.69) is 32.2 Å². The Labute approximate surface area is 171 Å². The summed E-state index contributed by atoms with van der Waals surface area (Å²) < 4.78 is 46.8. The summed E-state index contributed by atoms with van der Waals surface area (Å²) in [4.78, 5) is 2.26. The summed E-state index contributed by atoms with van der Waals surface area (Å²) >= 11 is 0. The number of anilines is 1. The van der Waals surface area contributed by atoms with E-state index in [1.54, 1.807) is 0 Å². The number of hydrogen-bond acceptors (Lipinski definition) is 7. The van der Waals surface area contributed by atoms with Gasteiger partial charge in [0.25, 0.3) is 0 Å². The lowest BCUT2D eigenvalue weighted by molar-refractivity contribution is -0.274. The van der Waals surface area contributed by atoms with Crippen LogP contribution in [0.5, 0.6) is 11.5 Å². The molecule has 30 heavy (non-hydrogen) atoms. The van der Waals surface area contributed by atoms with Crippen LogP contribution in [-0.2, 0) is 17.8 Å². The molecule has 1 aromatic carbocycles. The SMILES string of the molecule is CN1CCC[C@@H](Nc2nnc(-c3ccc(OC(F)(F)F)cc3O)c3c2COCC3)C1. The van der Waals surface area contributed by atoms with Gasteiger partial charge in [0.1, 0.15) is 17.2 Å². The van der Waals surface area contributed by atoms with Crippen LogP contribution >= 0.6 is 0 Å². The minimum atomic E-state index is -4.83. The Hall–Kier alpha value is -2.59. The fraction of sp³-hybridized carbons (Fsp3) is 0.500. The van der Waals surface area contributed by atoms with Gasteiger partial charge in [-0.1, -0.05) is 0 Å². The fourth-order valence-corrected chi connectivity index (χ4v) is 4.00. The second-order valence-corrected chi connectivity index (χ2v) is 7.63. The number of rotatable bonds is 4. The van der Waals surface area contributed by atoms with Crippen LogP contribution < -0.4 is 10.1 Å². The molecular formula is C20H23F3N4O3. The van der Waals surface area contributed by atoms with Crippen molar-refractivity contribution in [2.24, 2.45) is 0 Å². The molecule has 1 fully saturated rings. The number of piperidine rings is 1. The molecule has 4 rings (SSSR count). The zero-order chi connectivity index (χ0) is 21.3. The number of nitrogens with zero attached hydrogens (tertiary/aromatic N) is 3. The van der Waals surface area contributed by atoms with E-state index in [0.717, 1.165) is 49.2 Å². The first-order valence-electron chi connectivity index (χ1n) is 9.80. The molecule has 0 radical (unpaired) electrons. The number of fused-ring (bicyclic) bond motifs is 1. The van der Waals surface area contributed by atoms with Crippen molar-refractivity contribution in [1.29, 1.82) is 0 Å². The number of phenolic OH excluding ortho intramolecular Hbond substituents is 1. The maximum absolute atomic E-state index is 12.4. The maximum atomic E-state index is 12.4. The lowest BCUT2D eigenvalue weighted by atomic mass is 9.97. The second kappa shape index (κ2) is 8.27. The summed E-state index contributed by atoms with van der Waals surface area (Å²) in [5, 5.41) is 22.4. The van der Waals surface area contributed by atoms with Gasteiger partial charge < -0.3 is 24.8 Å². The van der Waals surface area contributed by atoms with Gasteiger partial charge in [0.2, 0.25) is 0 Å². The number of likely N-dealkylation sites (N-methyl/N-ethyl adjacent to an activating group) is 1. The molecule has 2 N–H and O–H groups in total. The number of alkyl halides is 3. The van der Waals surface area contributed by atoms with Gasteiger partial charge in [-0.2, -0.15) is 0 Å². The number of aromatic nitrogens is 2. The maximum Gasteiger partial charge on any atom is 0.573 e. The lowest BCUT2D eigenvalue weighted by Crippen LogP contribution is -2.40. The van der Waals surface area contributed by atoms with Gasteiger partial charge in [-0.15, -0.1) is 23.4 Å². The van der Waals surface area contributed by atoms with Crippen molar-refractivity contribution in [1.82, 2.24) is 15.1 Å². The molecule has 1 saturated heterocycles. The van der Waals surface area contributed by atoms with Gasteiger partial charge in [-0.05, 0) is 50.6 Å². The normalized spacial score (nSPS) is 19.9. The van der Waals surface area contributed by atoms with E-state index in [4.69, 9.17) is 4.74 Å². The highest BCUT2D eigenvalue weighted by atomic mass is 19.4. The molecule has 0 bridgehead atoms. The topological polar surface area (TPSA) is 79.7 Å². The number of nitrogens with one attached hydrogen (secondary N) is 1. The lowest BCUT2D eigenvalue weighted by Gasteiger charge is -2.31. The zero-order valence-corrected chi connectivity index (χ0v) is 16.5. The first kappa shape index (κ1) is 20.7. The van der Waals surface area contributed by atoms with E-state index in [1.165, 1.54) is 6.07 Å². The summed E-state index contributed by atoms with van der Waals surface area (Å²) in [6.45, 7) is 2.82. The van der Waals surface area contributed by atoms with Crippen LogP contribution in [0.25, 0.3) is 11.3 Å². The molecule has 7 nitrogen and oxygen atoms in total. The monoisotopic (exact) mass is 424 g/mol. The van der Waals surface area contributed by atoms with Crippen molar-refractivity contribution in [3.63, 3.8) is 0 Å². The molecule has 0 unspecified atom stereocenters. The largest absolute Gasteiger partial charge is 0.573 e. The number of phenols is 1. The van der Waals surface area contributed by atoms with E-state index in [9.17, 15) is 18.3 Å². The van der Waals surface area contributed by atoms with Gasteiger partial charge in [-0.25, -0.2) is 0 Å². The van der Waals surface area contributed by atoms with Crippen LogP contribution in [-0.4, -0.2) is 59.4 Å². The molecule has 0 amide bonds. The Bertz CT molecular complexity index is 923. The first-order chi connectivity index (χ1) is 14.3. The predicted octanol–water partition coefficient (Wildman–Crippen LogP) is 3.33. The predicted molar refractivity (Wildman–Crippen MR) is 103 cm³/mol. The fourth-order valence-electron chi connectivity index (χ4n) is 4.00. The van der Waals surface area contributed by atoms with Crippen LogP contribution in [0, 0.1) is 0 Å². The number of ether oxygens (including phenoxy) is 2. The number of hydrogen-bond donors (Lipinski definition) is 2. The molecule has 10 heteroatoms. The van der Waals surface area contributed by atoms with Crippen LogP contribution in [0.2, 0.25) is 0 Å². The van der Waals surface area contributed by atoms with Crippen molar-refractivity contribution >= 4 is 5.82 Å². The van der Waals surface area contributed by atoms with Crippen LogP contribution in [0.1, 0.15) is 24.0 Å². The zero-order valence-electron chi connectivity index (χ0n) is 16.5. The van der Waals surface area contributed by atoms with Gasteiger partial charge >= 0.3 is 6.36 Å². The summed E-state index contributed by atoms with van der Waals surface area (Å²) in [7, 11) is 2.08. The van der Waals surface area contributed by atoms with E-state index in [0.29, 0.717) is 36.7 Å². The molecular weight excluding hydrogens is 401 g/mol. The molecule has 3 heterocycles. The van der Waals surface area contributed by atoms with E-state index >= 15 is 0 Å². The number of halogens is 3. The Balaban J connectivity index is 1.65. The van der Waals surface area contributed by atoms with E-state index in [1.807, 2.05) is 0 Å². The van der Waals surface area contributed by atoms with Crippen molar-refractivity contribution < 1.29 is 27.8 Å². The molecule has 162 valence electrons. The Morgan fingerprint density at radius 3 is 2.83 bits per heavy atom. The molecule has 1 atom stereocenters. The van der Waals surface area contributed by atoms with Crippen LogP contribution in [0.3, 0.4) is 0 Å². The van der Waals surface area contributed by atoms with Crippen molar-refractivity contribution in [2.75, 3.05) is 32.1 Å². The molecule has 0 aliphatic carbocycles. The first-order valence-corrected chi connectivity index (χ1v) is 9.80. The third-order valence-electron chi connectivity index (χ3n) is 5.35. The minimum absolute atomic E-state index is 0.252. The summed E-state index contributed by atoms with van der Waals surface area (Å²) in [6.07, 6.45) is -2.13. The molecule has 2 aliphatic heterocycles.